The molecule has 0 heterocycles. The maximum atomic E-state index is 4.56. The van der Waals surface area contributed by atoms with Gasteiger partial charge in [-0.15, -0.1) is 0 Å². The van der Waals surface area contributed by atoms with Crippen LogP contribution in [0.2, 0.25) is 0 Å². The zero-order valence-electron chi connectivity index (χ0n) is 13.4. The lowest BCUT2D eigenvalue weighted by Crippen LogP contribution is -1.88. The van der Waals surface area contributed by atoms with Crippen molar-refractivity contribution in [2.75, 3.05) is 5.32 Å². The van der Waals surface area contributed by atoms with E-state index in [-0.39, 0.29) is 0 Å². The number of hydrogen-bond donors (Lipinski definition) is 1. The summed E-state index contributed by atoms with van der Waals surface area (Å²) in [5.74, 6) is 0. The van der Waals surface area contributed by atoms with Gasteiger partial charge in [0.2, 0.25) is 0 Å². The van der Waals surface area contributed by atoms with Gasteiger partial charge in [0.1, 0.15) is 0 Å². The molecule has 0 spiro atoms. The minimum absolute atomic E-state index is 0.981. The van der Waals surface area contributed by atoms with Crippen molar-refractivity contribution < 1.29 is 0 Å². The average molecular weight is 292 g/mol. The van der Waals surface area contributed by atoms with Gasteiger partial charge in [0.15, 0.2) is 0 Å². The summed E-state index contributed by atoms with van der Waals surface area (Å²) in [7, 11) is 0. The fourth-order valence-electron chi connectivity index (χ4n) is 2.09. The number of aliphatic imine (C=N–C) groups is 1. The van der Waals surface area contributed by atoms with E-state index in [4.69, 9.17) is 0 Å². The SMILES string of the molecule is CCC/C=C(/C=Nc1ccc(Nc2ccccc2)cc1)CC. The first-order valence-electron chi connectivity index (χ1n) is 7.97. The summed E-state index contributed by atoms with van der Waals surface area (Å²) in [6.45, 7) is 4.36. The third-order valence-corrected chi connectivity index (χ3v) is 3.41. The van der Waals surface area contributed by atoms with E-state index in [1.54, 1.807) is 0 Å². The van der Waals surface area contributed by atoms with Crippen LogP contribution >= 0.6 is 0 Å². The van der Waals surface area contributed by atoms with Crippen LogP contribution in [0.15, 0.2) is 71.2 Å². The van der Waals surface area contributed by atoms with Crippen molar-refractivity contribution in [2.45, 2.75) is 33.1 Å². The zero-order valence-corrected chi connectivity index (χ0v) is 13.4. The molecule has 0 amide bonds. The third kappa shape index (κ3) is 5.21. The minimum atomic E-state index is 0.981. The maximum absolute atomic E-state index is 4.56. The molecule has 1 N–H and O–H groups in total. The van der Waals surface area contributed by atoms with E-state index in [9.17, 15) is 0 Å². The number of para-hydroxylation sites is 1. The predicted octanol–water partition coefficient (Wildman–Crippen LogP) is 6.27. The molecule has 114 valence electrons. The Balaban J connectivity index is 1.99. The van der Waals surface area contributed by atoms with E-state index in [2.05, 4.69) is 54.5 Å². The molecular formula is C20H24N2. The first kappa shape index (κ1) is 16.0. The molecule has 0 aliphatic rings. The minimum Gasteiger partial charge on any atom is -0.356 e. The van der Waals surface area contributed by atoms with Crippen LogP contribution in [0.5, 0.6) is 0 Å². The molecule has 0 radical (unpaired) electrons. The van der Waals surface area contributed by atoms with Gasteiger partial charge in [-0.25, -0.2) is 0 Å². The summed E-state index contributed by atoms with van der Waals surface area (Å²) in [5.41, 5.74) is 4.44. The molecule has 2 nitrogen and oxygen atoms in total. The largest absolute Gasteiger partial charge is 0.356 e. The summed E-state index contributed by atoms with van der Waals surface area (Å²) in [6.07, 6.45) is 7.58. The van der Waals surface area contributed by atoms with Crippen LogP contribution in [-0.4, -0.2) is 6.21 Å². The smallest absolute Gasteiger partial charge is 0.0631 e. The van der Waals surface area contributed by atoms with E-state index >= 15 is 0 Å². The molecule has 0 aliphatic heterocycles. The van der Waals surface area contributed by atoms with Gasteiger partial charge in [0.25, 0.3) is 0 Å². The van der Waals surface area contributed by atoms with Gasteiger partial charge in [0.05, 0.1) is 5.69 Å². The van der Waals surface area contributed by atoms with Crippen molar-refractivity contribution in [3.8, 4) is 0 Å². The standard InChI is InChI=1S/C20H24N2/c1-3-5-9-17(4-2)16-21-18-12-14-20(15-13-18)22-19-10-7-6-8-11-19/h6-16,22H,3-5H2,1-2H3/b17-9+,21-16?. The number of hydrogen-bond acceptors (Lipinski definition) is 2. The van der Waals surface area contributed by atoms with Crippen LogP contribution in [0.4, 0.5) is 17.1 Å². The fraction of sp³-hybridized carbons (Fsp3) is 0.250. The Morgan fingerprint density at radius 1 is 0.955 bits per heavy atom. The topological polar surface area (TPSA) is 24.4 Å². The van der Waals surface area contributed by atoms with Crippen molar-refractivity contribution >= 4 is 23.3 Å². The summed E-state index contributed by atoms with van der Waals surface area (Å²) in [4.78, 5) is 4.56. The molecule has 2 aromatic carbocycles. The van der Waals surface area contributed by atoms with Crippen LogP contribution in [0.1, 0.15) is 33.1 Å². The number of benzene rings is 2. The quantitative estimate of drug-likeness (QED) is 0.597. The Morgan fingerprint density at radius 2 is 1.64 bits per heavy atom. The van der Waals surface area contributed by atoms with Crippen LogP contribution in [0.25, 0.3) is 0 Å². The van der Waals surface area contributed by atoms with Crippen LogP contribution in [0.3, 0.4) is 0 Å². The molecule has 2 heteroatoms. The van der Waals surface area contributed by atoms with Crippen LogP contribution in [-0.2, 0) is 0 Å². The second-order valence-corrected chi connectivity index (χ2v) is 5.22. The number of rotatable bonds is 7. The van der Waals surface area contributed by atoms with E-state index in [1.165, 1.54) is 12.0 Å². The highest BCUT2D eigenvalue weighted by Gasteiger charge is 1.95. The molecule has 0 fully saturated rings. The first-order valence-corrected chi connectivity index (χ1v) is 7.97. The van der Waals surface area contributed by atoms with Gasteiger partial charge in [-0.3, -0.25) is 4.99 Å². The molecule has 0 saturated heterocycles. The molecule has 2 rings (SSSR count). The molecule has 0 aromatic heterocycles. The Hall–Kier alpha value is -2.35. The van der Waals surface area contributed by atoms with E-state index in [0.29, 0.717) is 0 Å². The molecule has 22 heavy (non-hydrogen) atoms. The molecule has 0 saturated carbocycles. The maximum Gasteiger partial charge on any atom is 0.0631 e. The number of nitrogens with zero attached hydrogens (tertiary/aromatic N) is 1. The summed E-state index contributed by atoms with van der Waals surface area (Å²) in [5, 5.41) is 3.37. The van der Waals surface area contributed by atoms with Crippen LogP contribution in [0, 0.1) is 0 Å². The Kier molecular flexibility index (Phi) is 6.43. The number of anilines is 2. The second kappa shape index (κ2) is 8.83. The lowest BCUT2D eigenvalue weighted by molar-refractivity contribution is 0.946. The Bertz CT molecular complexity index is 610. The Labute approximate surface area is 133 Å². The molecule has 0 atom stereocenters. The van der Waals surface area contributed by atoms with Crippen LogP contribution < -0.4 is 5.32 Å². The lowest BCUT2D eigenvalue weighted by Gasteiger charge is -2.06. The highest BCUT2D eigenvalue weighted by Crippen LogP contribution is 2.20. The van der Waals surface area contributed by atoms with Crippen molar-refractivity contribution in [3.63, 3.8) is 0 Å². The highest BCUT2D eigenvalue weighted by atomic mass is 14.9. The van der Waals surface area contributed by atoms with Gasteiger partial charge in [-0.05, 0) is 54.8 Å². The van der Waals surface area contributed by atoms with Gasteiger partial charge in [-0.2, -0.15) is 0 Å². The van der Waals surface area contributed by atoms with E-state index in [1.807, 2.05) is 36.5 Å². The fourth-order valence-corrected chi connectivity index (χ4v) is 2.09. The van der Waals surface area contributed by atoms with Crippen molar-refractivity contribution in [1.82, 2.24) is 0 Å². The summed E-state index contributed by atoms with van der Waals surface area (Å²) >= 11 is 0. The summed E-state index contributed by atoms with van der Waals surface area (Å²) in [6, 6.07) is 18.4. The number of unbranched alkanes of at least 4 members (excludes halogenated alkanes) is 1. The normalized spacial score (nSPS) is 11.8. The van der Waals surface area contributed by atoms with Gasteiger partial charge >= 0.3 is 0 Å². The van der Waals surface area contributed by atoms with E-state index in [0.717, 1.165) is 29.9 Å². The van der Waals surface area contributed by atoms with Gasteiger partial charge < -0.3 is 5.32 Å². The molecule has 0 aliphatic carbocycles. The molecule has 0 unspecified atom stereocenters. The first-order chi connectivity index (χ1) is 10.8. The number of nitrogens with one attached hydrogen (secondary N) is 1. The van der Waals surface area contributed by atoms with Crippen molar-refractivity contribution in [2.24, 2.45) is 4.99 Å². The summed E-state index contributed by atoms with van der Waals surface area (Å²) < 4.78 is 0. The highest BCUT2D eigenvalue weighted by molar-refractivity contribution is 5.81. The lowest BCUT2D eigenvalue weighted by atomic mass is 10.1. The van der Waals surface area contributed by atoms with Crippen molar-refractivity contribution in [1.29, 1.82) is 0 Å². The second-order valence-electron chi connectivity index (χ2n) is 5.22. The molecule has 0 bridgehead atoms. The monoisotopic (exact) mass is 292 g/mol. The molecular weight excluding hydrogens is 268 g/mol. The predicted molar refractivity (Wildman–Crippen MR) is 97.6 cm³/mol. The zero-order chi connectivity index (χ0) is 15.6. The number of allylic oxidation sites excluding steroid dienone is 2. The van der Waals surface area contributed by atoms with Gasteiger partial charge in [-0.1, -0.05) is 44.5 Å². The van der Waals surface area contributed by atoms with E-state index < -0.39 is 0 Å². The Morgan fingerprint density at radius 3 is 2.27 bits per heavy atom. The van der Waals surface area contributed by atoms with Crippen molar-refractivity contribution in [3.05, 3.63) is 66.2 Å². The third-order valence-electron chi connectivity index (χ3n) is 3.41. The molecule has 2 aromatic rings. The van der Waals surface area contributed by atoms with Gasteiger partial charge in [0, 0.05) is 17.6 Å². The average Bonchev–Trinajstić information content (AvgIpc) is 2.57.